The zero-order valence-corrected chi connectivity index (χ0v) is 18.3. The standard InChI is InChI=1S/C21H25BrN4O2/c1-11(2)25-10-13(4)19-16(7-15(22)8-18(19)25)20(27)24-9-17-12(3)6-14(5)26(23)21(17)28/h6-8,10-11H,9,23H2,1-5H3,(H,24,27). The molecule has 0 saturated heterocycles. The molecule has 2 aromatic heterocycles. The first-order chi connectivity index (χ1) is 13.1. The summed E-state index contributed by atoms with van der Waals surface area (Å²) in [5.41, 5.74) is 4.31. The molecule has 0 aliphatic heterocycles. The number of fused-ring (bicyclic) bond motifs is 1. The predicted octanol–water partition coefficient (Wildman–Crippen LogP) is 3.72. The van der Waals surface area contributed by atoms with Crippen molar-refractivity contribution in [3.63, 3.8) is 0 Å². The van der Waals surface area contributed by atoms with Crippen molar-refractivity contribution in [2.45, 2.75) is 47.2 Å². The molecule has 0 bridgehead atoms. The Morgan fingerprint density at radius 1 is 1.18 bits per heavy atom. The van der Waals surface area contributed by atoms with Crippen LogP contribution in [0.3, 0.4) is 0 Å². The van der Waals surface area contributed by atoms with Gasteiger partial charge >= 0.3 is 0 Å². The van der Waals surface area contributed by atoms with Crippen LogP contribution in [0.25, 0.3) is 10.9 Å². The number of benzene rings is 1. The highest BCUT2D eigenvalue weighted by atomic mass is 79.9. The molecule has 0 saturated carbocycles. The molecule has 0 radical (unpaired) electrons. The SMILES string of the molecule is Cc1cc(C)n(N)c(=O)c1CNC(=O)c1cc(Br)cc2c1c(C)cn2C(C)C. The average molecular weight is 445 g/mol. The summed E-state index contributed by atoms with van der Waals surface area (Å²) in [7, 11) is 0. The maximum absolute atomic E-state index is 13.0. The Morgan fingerprint density at radius 2 is 1.86 bits per heavy atom. The molecule has 1 aromatic carbocycles. The van der Waals surface area contributed by atoms with Crippen molar-refractivity contribution in [2.75, 3.05) is 5.84 Å². The summed E-state index contributed by atoms with van der Waals surface area (Å²) in [5, 5.41) is 3.81. The van der Waals surface area contributed by atoms with Gasteiger partial charge in [-0.3, -0.25) is 9.59 Å². The van der Waals surface area contributed by atoms with Crippen LogP contribution in [0.1, 0.15) is 52.6 Å². The van der Waals surface area contributed by atoms with Gasteiger partial charge < -0.3 is 15.7 Å². The van der Waals surface area contributed by atoms with Crippen molar-refractivity contribution in [2.24, 2.45) is 0 Å². The van der Waals surface area contributed by atoms with Crippen LogP contribution in [0.4, 0.5) is 0 Å². The molecular formula is C21H25BrN4O2. The zero-order chi connectivity index (χ0) is 20.7. The van der Waals surface area contributed by atoms with Gasteiger partial charge in [-0.15, -0.1) is 0 Å². The number of aromatic nitrogens is 2. The third-order valence-electron chi connectivity index (χ3n) is 5.07. The van der Waals surface area contributed by atoms with Gasteiger partial charge in [-0.2, -0.15) is 0 Å². The summed E-state index contributed by atoms with van der Waals surface area (Å²) in [6.45, 7) is 9.97. The number of rotatable bonds is 4. The Balaban J connectivity index is 2.00. The number of nitrogens with two attached hydrogens (primary N) is 1. The third-order valence-corrected chi connectivity index (χ3v) is 5.53. The van der Waals surface area contributed by atoms with Gasteiger partial charge in [-0.1, -0.05) is 15.9 Å². The van der Waals surface area contributed by atoms with Gasteiger partial charge in [-0.25, -0.2) is 4.68 Å². The first-order valence-corrected chi connectivity index (χ1v) is 9.97. The van der Waals surface area contributed by atoms with Crippen molar-refractivity contribution >= 4 is 32.7 Å². The first-order valence-electron chi connectivity index (χ1n) is 9.18. The normalized spacial score (nSPS) is 11.4. The molecule has 6 nitrogen and oxygen atoms in total. The lowest BCUT2D eigenvalue weighted by Crippen LogP contribution is -2.35. The van der Waals surface area contributed by atoms with Crippen LogP contribution in [0.2, 0.25) is 0 Å². The van der Waals surface area contributed by atoms with Gasteiger partial charge in [0.15, 0.2) is 0 Å². The molecule has 1 amide bonds. The van der Waals surface area contributed by atoms with Crippen molar-refractivity contribution in [3.05, 3.63) is 67.2 Å². The summed E-state index contributed by atoms with van der Waals surface area (Å²) >= 11 is 3.52. The van der Waals surface area contributed by atoms with Crippen LogP contribution in [-0.4, -0.2) is 15.2 Å². The van der Waals surface area contributed by atoms with Gasteiger partial charge in [-0.05, 0) is 63.9 Å². The minimum atomic E-state index is -0.292. The number of aryl methyl sites for hydroxylation is 3. The topological polar surface area (TPSA) is 82.1 Å². The van der Waals surface area contributed by atoms with E-state index in [0.717, 1.165) is 31.2 Å². The van der Waals surface area contributed by atoms with Crippen molar-refractivity contribution < 1.29 is 4.79 Å². The fourth-order valence-electron chi connectivity index (χ4n) is 3.58. The van der Waals surface area contributed by atoms with E-state index in [1.807, 2.05) is 32.0 Å². The summed E-state index contributed by atoms with van der Waals surface area (Å²) in [5.74, 6) is 5.57. The van der Waals surface area contributed by atoms with Crippen LogP contribution in [0.5, 0.6) is 0 Å². The van der Waals surface area contributed by atoms with Crippen molar-refractivity contribution in [1.29, 1.82) is 0 Å². The lowest BCUT2D eigenvalue weighted by molar-refractivity contribution is 0.0952. The number of hydrogen-bond donors (Lipinski definition) is 2. The molecule has 28 heavy (non-hydrogen) atoms. The number of pyridine rings is 1. The maximum Gasteiger partial charge on any atom is 0.274 e. The highest BCUT2D eigenvalue weighted by molar-refractivity contribution is 9.10. The van der Waals surface area contributed by atoms with Gasteiger partial charge in [0, 0.05) is 39.9 Å². The Labute approximate surface area is 172 Å². The minimum absolute atomic E-state index is 0.124. The number of amides is 1. The quantitative estimate of drug-likeness (QED) is 0.601. The van der Waals surface area contributed by atoms with Gasteiger partial charge in [0.05, 0.1) is 11.1 Å². The van der Waals surface area contributed by atoms with Gasteiger partial charge in [0.1, 0.15) is 0 Å². The highest BCUT2D eigenvalue weighted by Crippen LogP contribution is 2.30. The lowest BCUT2D eigenvalue weighted by atomic mass is 10.1. The largest absolute Gasteiger partial charge is 0.348 e. The van der Waals surface area contributed by atoms with Crippen molar-refractivity contribution in [1.82, 2.24) is 14.6 Å². The number of nitrogens with one attached hydrogen (secondary N) is 1. The molecule has 148 valence electrons. The second-order valence-electron chi connectivity index (χ2n) is 7.47. The van der Waals surface area contributed by atoms with Crippen LogP contribution < -0.4 is 16.7 Å². The Kier molecular flexibility index (Phi) is 5.39. The molecule has 0 fully saturated rings. The molecule has 7 heteroatoms. The van der Waals surface area contributed by atoms with Crippen LogP contribution in [-0.2, 0) is 6.54 Å². The fourth-order valence-corrected chi connectivity index (χ4v) is 4.03. The molecule has 0 aliphatic rings. The van der Waals surface area contributed by atoms with E-state index < -0.39 is 0 Å². The average Bonchev–Trinajstić information content (AvgIpc) is 2.95. The second-order valence-corrected chi connectivity index (χ2v) is 8.38. The smallest absolute Gasteiger partial charge is 0.274 e. The molecule has 3 aromatic rings. The highest BCUT2D eigenvalue weighted by Gasteiger charge is 2.18. The van der Waals surface area contributed by atoms with Crippen LogP contribution in [0.15, 0.2) is 33.7 Å². The molecule has 0 aliphatic carbocycles. The third kappa shape index (κ3) is 3.46. The van der Waals surface area contributed by atoms with Gasteiger partial charge in [0.25, 0.3) is 11.5 Å². The van der Waals surface area contributed by atoms with Crippen LogP contribution in [0, 0.1) is 20.8 Å². The minimum Gasteiger partial charge on any atom is -0.348 e. The number of carbonyl (C=O) groups excluding carboxylic acids is 1. The van der Waals surface area contributed by atoms with Gasteiger partial charge in [0.2, 0.25) is 0 Å². The van der Waals surface area contributed by atoms with E-state index in [1.54, 1.807) is 6.92 Å². The summed E-state index contributed by atoms with van der Waals surface area (Å²) in [4.78, 5) is 25.4. The summed E-state index contributed by atoms with van der Waals surface area (Å²) in [6, 6.07) is 5.96. The number of carbonyl (C=O) groups is 1. The molecule has 0 unspecified atom stereocenters. The maximum atomic E-state index is 13.0. The Bertz CT molecular complexity index is 1140. The molecule has 2 heterocycles. The monoisotopic (exact) mass is 444 g/mol. The molecule has 0 spiro atoms. The van der Waals surface area contributed by atoms with Crippen molar-refractivity contribution in [3.8, 4) is 0 Å². The van der Waals surface area contributed by atoms with E-state index in [9.17, 15) is 9.59 Å². The molecule has 3 rings (SSSR count). The van der Waals surface area contributed by atoms with E-state index >= 15 is 0 Å². The Hall–Kier alpha value is -2.54. The van der Waals surface area contributed by atoms with E-state index in [-0.39, 0.29) is 24.1 Å². The molecule has 0 atom stereocenters. The second kappa shape index (κ2) is 7.47. The van der Waals surface area contributed by atoms with Crippen LogP contribution >= 0.6 is 15.9 Å². The number of nitrogen functional groups attached to an aromatic ring is 1. The number of nitrogens with zero attached hydrogens (tertiary/aromatic N) is 2. The Morgan fingerprint density at radius 3 is 2.50 bits per heavy atom. The van der Waals surface area contributed by atoms with E-state index in [0.29, 0.717) is 16.8 Å². The first kappa shape index (κ1) is 20.2. The summed E-state index contributed by atoms with van der Waals surface area (Å²) in [6.07, 6.45) is 2.07. The fraction of sp³-hybridized carbons (Fsp3) is 0.333. The molecular weight excluding hydrogens is 420 g/mol. The number of halogens is 1. The van der Waals surface area contributed by atoms with E-state index in [4.69, 9.17) is 5.84 Å². The lowest BCUT2D eigenvalue weighted by Gasteiger charge is -2.13. The predicted molar refractivity (Wildman–Crippen MR) is 116 cm³/mol. The molecule has 3 N–H and O–H groups in total. The number of hydrogen-bond acceptors (Lipinski definition) is 3. The van der Waals surface area contributed by atoms with E-state index in [2.05, 4.69) is 45.9 Å². The summed E-state index contributed by atoms with van der Waals surface area (Å²) < 4.78 is 4.10. The van der Waals surface area contributed by atoms with E-state index in [1.165, 1.54) is 0 Å². The zero-order valence-electron chi connectivity index (χ0n) is 16.8.